The van der Waals surface area contributed by atoms with Crippen LogP contribution in [0.5, 0.6) is 5.75 Å². The second kappa shape index (κ2) is 10.5. The van der Waals surface area contributed by atoms with Gasteiger partial charge in [0.25, 0.3) is 5.91 Å². The van der Waals surface area contributed by atoms with E-state index in [9.17, 15) is 13.2 Å². The van der Waals surface area contributed by atoms with Crippen molar-refractivity contribution in [3.05, 3.63) is 120 Å². The highest BCUT2D eigenvalue weighted by Gasteiger charge is 2.38. The molecular weight excluding hydrogens is 486 g/mol. The number of para-hydroxylation sites is 1. The van der Waals surface area contributed by atoms with Crippen LogP contribution in [-0.4, -0.2) is 25.2 Å². The van der Waals surface area contributed by atoms with Crippen LogP contribution in [0.1, 0.15) is 22.9 Å². The number of ether oxygens (including phenoxy) is 1. The number of sulfonamides is 1. The predicted molar refractivity (Wildman–Crippen MR) is 144 cm³/mol. The lowest BCUT2D eigenvalue weighted by atomic mass is 10.1. The Balaban J connectivity index is 1.33. The summed E-state index contributed by atoms with van der Waals surface area (Å²) < 4.78 is 34.4. The highest BCUT2D eigenvalue weighted by atomic mass is 32.2. The van der Waals surface area contributed by atoms with Crippen LogP contribution in [-0.2, 0) is 21.4 Å². The smallest absolute Gasteiger partial charge is 0.262 e. The SMILES string of the molecule is Cc1ccc(NC(=O)COc2ccc([C@H]3Nc4ccccc4S(=O)(=O)N3Cc3ccccc3)cc2)cc1. The zero-order chi connectivity index (χ0) is 25.8. The second-order valence-corrected chi connectivity index (χ2v) is 10.7. The van der Waals surface area contributed by atoms with E-state index in [2.05, 4.69) is 10.6 Å². The van der Waals surface area contributed by atoms with E-state index in [0.717, 1.165) is 16.7 Å². The summed E-state index contributed by atoms with van der Waals surface area (Å²) in [7, 11) is -3.76. The highest BCUT2D eigenvalue weighted by Crippen LogP contribution is 2.39. The molecule has 4 aromatic rings. The average Bonchev–Trinajstić information content (AvgIpc) is 2.91. The van der Waals surface area contributed by atoms with Gasteiger partial charge in [-0.25, -0.2) is 8.42 Å². The zero-order valence-corrected chi connectivity index (χ0v) is 21.1. The number of carbonyl (C=O) groups is 1. The van der Waals surface area contributed by atoms with Crippen LogP contribution in [0.25, 0.3) is 0 Å². The molecule has 7 nitrogen and oxygen atoms in total. The number of benzene rings is 4. The quantitative estimate of drug-likeness (QED) is 0.349. The lowest BCUT2D eigenvalue weighted by Crippen LogP contribution is -2.42. The van der Waals surface area contributed by atoms with Crippen LogP contribution in [0.4, 0.5) is 11.4 Å². The van der Waals surface area contributed by atoms with Crippen LogP contribution in [0.15, 0.2) is 108 Å². The molecular formula is C29H27N3O4S. The van der Waals surface area contributed by atoms with Gasteiger partial charge in [-0.15, -0.1) is 0 Å². The summed E-state index contributed by atoms with van der Waals surface area (Å²) in [5.41, 5.74) is 4.02. The van der Waals surface area contributed by atoms with Gasteiger partial charge >= 0.3 is 0 Å². The fourth-order valence-electron chi connectivity index (χ4n) is 4.21. The fourth-order valence-corrected chi connectivity index (χ4v) is 5.89. The Labute approximate surface area is 216 Å². The van der Waals surface area contributed by atoms with Crippen molar-refractivity contribution in [2.45, 2.75) is 24.5 Å². The van der Waals surface area contributed by atoms with Gasteiger partial charge in [0.2, 0.25) is 10.0 Å². The number of fused-ring (bicyclic) bond motifs is 1. The van der Waals surface area contributed by atoms with Gasteiger partial charge in [-0.3, -0.25) is 4.79 Å². The summed E-state index contributed by atoms with van der Waals surface area (Å²) in [6, 6.07) is 31.1. The maximum Gasteiger partial charge on any atom is 0.262 e. The third-order valence-corrected chi connectivity index (χ3v) is 8.01. The van der Waals surface area contributed by atoms with Crippen molar-refractivity contribution in [2.24, 2.45) is 0 Å². The van der Waals surface area contributed by atoms with Crippen molar-refractivity contribution in [3.8, 4) is 5.75 Å². The number of hydrogen-bond donors (Lipinski definition) is 2. The molecule has 4 aromatic carbocycles. The number of nitrogens with zero attached hydrogens (tertiary/aromatic N) is 1. The van der Waals surface area contributed by atoms with E-state index in [1.54, 1.807) is 30.3 Å². The van der Waals surface area contributed by atoms with Gasteiger partial charge in [0, 0.05) is 12.2 Å². The topological polar surface area (TPSA) is 87.7 Å². The number of rotatable bonds is 7. The Morgan fingerprint density at radius 1 is 0.892 bits per heavy atom. The molecule has 1 aliphatic rings. The van der Waals surface area contributed by atoms with Crippen molar-refractivity contribution in [3.63, 3.8) is 0 Å². The van der Waals surface area contributed by atoms with Crippen LogP contribution in [0.2, 0.25) is 0 Å². The van der Waals surface area contributed by atoms with Gasteiger partial charge in [0.1, 0.15) is 16.8 Å². The van der Waals surface area contributed by atoms with Crippen molar-refractivity contribution < 1.29 is 17.9 Å². The third kappa shape index (κ3) is 5.50. The molecule has 1 aliphatic heterocycles. The predicted octanol–water partition coefficient (Wildman–Crippen LogP) is 5.33. The molecule has 0 saturated carbocycles. The molecule has 188 valence electrons. The van der Waals surface area contributed by atoms with Crippen molar-refractivity contribution in [2.75, 3.05) is 17.2 Å². The van der Waals surface area contributed by atoms with Crippen LogP contribution < -0.4 is 15.4 Å². The molecule has 8 heteroatoms. The number of hydrogen-bond acceptors (Lipinski definition) is 5. The van der Waals surface area contributed by atoms with E-state index in [0.29, 0.717) is 17.1 Å². The molecule has 1 atom stereocenters. The molecule has 0 aromatic heterocycles. The van der Waals surface area contributed by atoms with Gasteiger partial charge in [-0.2, -0.15) is 4.31 Å². The van der Waals surface area contributed by atoms with Gasteiger partial charge in [-0.1, -0.05) is 72.3 Å². The standard InChI is InChI=1S/C29H27N3O4S/c1-21-11-15-24(16-12-21)30-28(33)20-36-25-17-13-23(14-18-25)29-31-26-9-5-6-10-27(26)37(34,35)32(29)19-22-7-3-2-4-8-22/h2-18,29,31H,19-20H2,1H3,(H,30,33)/t29-/m0/s1. The van der Waals surface area contributed by atoms with Gasteiger partial charge in [-0.05, 0) is 54.4 Å². The van der Waals surface area contributed by atoms with E-state index < -0.39 is 16.2 Å². The molecule has 37 heavy (non-hydrogen) atoms. The molecule has 0 spiro atoms. The van der Waals surface area contributed by atoms with Crippen molar-refractivity contribution in [1.29, 1.82) is 0 Å². The van der Waals surface area contributed by atoms with Crippen LogP contribution in [0, 0.1) is 6.92 Å². The summed E-state index contributed by atoms with van der Waals surface area (Å²) in [5.74, 6) is 0.245. The Bertz CT molecular complexity index is 1490. The Morgan fingerprint density at radius 3 is 2.30 bits per heavy atom. The monoisotopic (exact) mass is 513 g/mol. The number of amides is 1. The first-order valence-corrected chi connectivity index (χ1v) is 13.3. The fraction of sp³-hybridized carbons (Fsp3) is 0.138. The summed E-state index contributed by atoms with van der Waals surface area (Å²) in [5, 5.41) is 6.18. The molecule has 0 fully saturated rings. The molecule has 0 bridgehead atoms. The molecule has 0 radical (unpaired) electrons. The first-order chi connectivity index (χ1) is 17.9. The number of aryl methyl sites for hydroxylation is 1. The summed E-state index contributed by atoms with van der Waals surface area (Å²) in [4.78, 5) is 12.5. The Morgan fingerprint density at radius 2 is 1.57 bits per heavy atom. The molecule has 2 N–H and O–H groups in total. The lowest BCUT2D eigenvalue weighted by Gasteiger charge is -2.37. The highest BCUT2D eigenvalue weighted by molar-refractivity contribution is 7.89. The minimum Gasteiger partial charge on any atom is -0.484 e. The van der Waals surface area contributed by atoms with Gasteiger partial charge in [0.15, 0.2) is 6.61 Å². The molecule has 5 rings (SSSR count). The van der Waals surface area contributed by atoms with Crippen LogP contribution in [0.3, 0.4) is 0 Å². The molecule has 0 unspecified atom stereocenters. The summed E-state index contributed by atoms with van der Waals surface area (Å²) in [6.07, 6.45) is -0.612. The van der Waals surface area contributed by atoms with E-state index in [4.69, 9.17) is 4.74 Å². The lowest BCUT2D eigenvalue weighted by molar-refractivity contribution is -0.118. The third-order valence-electron chi connectivity index (χ3n) is 6.14. The Kier molecular flexibility index (Phi) is 6.94. The van der Waals surface area contributed by atoms with Gasteiger partial charge < -0.3 is 15.4 Å². The first kappa shape index (κ1) is 24.5. The van der Waals surface area contributed by atoms with E-state index in [-0.39, 0.29) is 24.0 Å². The normalized spacial score (nSPS) is 16.3. The number of anilines is 2. The van der Waals surface area contributed by atoms with Crippen molar-refractivity contribution in [1.82, 2.24) is 4.31 Å². The molecule has 0 aliphatic carbocycles. The maximum atomic E-state index is 13.6. The molecule has 0 saturated heterocycles. The minimum absolute atomic E-state index is 0.142. The molecule has 1 amide bonds. The van der Waals surface area contributed by atoms with Crippen molar-refractivity contribution >= 4 is 27.3 Å². The van der Waals surface area contributed by atoms with Gasteiger partial charge in [0.05, 0.1) is 5.69 Å². The maximum absolute atomic E-state index is 13.6. The summed E-state index contributed by atoms with van der Waals surface area (Å²) in [6.45, 7) is 2.06. The van der Waals surface area contributed by atoms with E-state index in [1.807, 2.05) is 79.7 Å². The molecule has 1 heterocycles. The summed E-state index contributed by atoms with van der Waals surface area (Å²) >= 11 is 0. The van der Waals surface area contributed by atoms with Crippen LogP contribution >= 0.6 is 0 Å². The average molecular weight is 514 g/mol. The van der Waals surface area contributed by atoms with E-state index in [1.165, 1.54) is 4.31 Å². The minimum atomic E-state index is -3.76. The zero-order valence-electron chi connectivity index (χ0n) is 20.3. The number of nitrogens with one attached hydrogen (secondary N) is 2. The second-order valence-electron chi connectivity index (χ2n) is 8.85. The first-order valence-electron chi connectivity index (χ1n) is 11.9. The van der Waals surface area contributed by atoms with E-state index >= 15 is 0 Å². The number of carbonyl (C=O) groups excluding carboxylic acids is 1. The largest absolute Gasteiger partial charge is 0.484 e. The Hall–Kier alpha value is -4.14.